The number of aromatic nitrogens is 2. The van der Waals surface area contributed by atoms with Gasteiger partial charge in [-0.2, -0.15) is 0 Å². The predicted octanol–water partition coefficient (Wildman–Crippen LogP) is 0.874. The van der Waals surface area contributed by atoms with Crippen molar-refractivity contribution in [2.24, 2.45) is 4.99 Å². The second-order valence-electron chi connectivity index (χ2n) is 4.53. The minimum atomic E-state index is -0.418. The summed E-state index contributed by atoms with van der Waals surface area (Å²) < 4.78 is 6.51. The Kier molecular flexibility index (Phi) is 4.77. The fourth-order valence-corrected chi connectivity index (χ4v) is 2.25. The summed E-state index contributed by atoms with van der Waals surface area (Å²) >= 11 is 0. The maximum Gasteiger partial charge on any atom is 0.327 e. The standard InChI is InChI=1S/C14H14N4O3.ClH/c1-2-21-12(20)7-15-14-16-10-6-4-3-5-9(10)13-17-11(19)8-18(13)14;/h3-6H,2,7-8H2,1H3,(H,17,19);1H. The lowest BCUT2D eigenvalue weighted by Crippen LogP contribution is -2.25. The van der Waals surface area contributed by atoms with Crippen LogP contribution in [0.2, 0.25) is 0 Å². The lowest BCUT2D eigenvalue weighted by Gasteiger charge is -2.07. The molecular weight excluding hydrogens is 308 g/mol. The molecule has 3 rings (SSSR count). The fourth-order valence-electron chi connectivity index (χ4n) is 2.25. The Morgan fingerprint density at radius 1 is 1.45 bits per heavy atom. The number of hydrogen-bond acceptors (Lipinski definition) is 5. The summed E-state index contributed by atoms with van der Waals surface area (Å²) in [6.07, 6.45) is 0. The summed E-state index contributed by atoms with van der Waals surface area (Å²) in [6.45, 7) is 2.08. The van der Waals surface area contributed by atoms with E-state index >= 15 is 0 Å². The normalized spacial score (nSPS) is 13.5. The van der Waals surface area contributed by atoms with Gasteiger partial charge in [0.1, 0.15) is 18.9 Å². The molecule has 1 aliphatic heterocycles. The third-order valence-electron chi connectivity index (χ3n) is 3.11. The first-order chi connectivity index (χ1) is 10.2. The molecule has 2 heterocycles. The summed E-state index contributed by atoms with van der Waals surface area (Å²) in [5.41, 5.74) is 1.06. The lowest BCUT2D eigenvalue weighted by atomic mass is 10.2. The zero-order valence-electron chi connectivity index (χ0n) is 11.9. The lowest BCUT2D eigenvalue weighted by molar-refractivity contribution is -0.141. The largest absolute Gasteiger partial charge is 0.465 e. The summed E-state index contributed by atoms with van der Waals surface area (Å²) in [7, 11) is 0. The van der Waals surface area contributed by atoms with E-state index in [2.05, 4.69) is 15.3 Å². The van der Waals surface area contributed by atoms with Gasteiger partial charge in [0.25, 0.3) is 0 Å². The van der Waals surface area contributed by atoms with Crippen molar-refractivity contribution in [3.63, 3.8) is 0 Å². The Hall–Kier alpha value is -2.41. The molecule has 0 atom stereocenters. The van der Waals surface area contributed by atoms with Crippen LogP contribution in [0.15, 0.2) is 29.3 Å². The van der Waals surface area contributed by atoms with Crippen molar-refractivity contribution in [2.75, 3.05) is 18.5 Å². The molecule has 0 fully saturated rings. The third kappa shape index (κ3) is 2.94. The minimum absolute atomic E-state index is 0. The van der Waals surface area contributed by atoms with Crippen molar-refractivity contribution >= 4 is 41.0 Å². The van der Waals surface area contributed by atoms with Gasteiger partial charge in [0.15, 0.2) is 0 Å². The number of carbonyl (C=O) groups excluding carboxylic acids is 2. The number of hydrogen-bond donors (Lipinski definition) is 1. The van der Waals surface area contributed by atoms with Crippen LogP contribution in [0, 0.1) is 0 Å². The Bertz CT molecular complexity index is 800. The molecule has 0 unspecified atom stereocenters. The Morgan fingerprint density at radius 2 is 2.23 bits per heavy atom. The highest BCUT2D eigenvalue weighted by molar-refractivity contribution is 6.02. The van der Waals surface area contributed by atoms with E-state index in [0.29, 0.717) is 23.6 Å². The molecule has 1 aliphatic rings. The highest BCUT2D eigenvalue weighted by atomic mass is 35.5. The summed E-state index contributed by atoms with van der Waals surface area (Å²) in [5, 5.41) is 3.65. The number of anilines is 1. The van der Waals surface area contributed by atoms with E-state index < -0.39 is 5.97 Å². The Balaban J connectivity index is 0.00000176. The van der Waals surface area contributed by atoms with Gasteiger partial charge >= 0.3 is 5.97 Å². The molecular formula is C14H15ClN4O3. The van der Waals surface area contributed by atoms with Crippen molar-refractivity contribution in [2.45, 2.75) is 13.5 Å². The molecule has 116 valence electrons. The monoisotopic (exact) mass is 322 g/mol. The van der Waals surface area contributed by atoms with Crippen LogP contribution in [0.5, 0.6) is 0 Å². The smallest absolute Gasteiger partial charge is 0.327 e. The molecule has 0 aliphatic carbocycles. The fraction of sp³-hybridized carbons (Fsp3) is 0.286. The van der Waals surface area contributed by atoms with Gasteiger partial charge in [-0.05, 0) is 19.1 Å². The van der Waals surface area contributed by atoms with E-state index in [1.165, 1.54) is 0 Å². The van der Waals surface area contributed by atoms with Crippen LogP contribution in [0.4, 0.5) is 5.82 Å². The first-order valence-electron chi connectivity index (χ1n) is 6.64. The molecule has 8 heteroatoms. The number of nitrogens with one attached hydrogen (secondary N) is 1. The highest BCUT2D eigenvalue weighted by Gasteiger charge is 2.20. The van der Waals surface area contributed by atoms with E-state index in [1.807, 2.05) is 24.3 Å². The zero-order valence-corrected chi connectivity index (χ0v) is 12.7. The number of ether oxygens (including phenoxy) is 1. The van der Waals surface area contributed by atoms with Gasteiger partial charge in [0.2, 0.25) is 11.5 Å². The minimum Gasteiger partial charge on any atom is -0.465 e. The number of carbonyl (C=O) groups is 2. The Labute approximate surface area is 132 Å². The van der Waals surface area contributed by atoms with Crippen LogP contribution in [0.25, 0.3) is 10.9 Å². The van der Waals surface area contributed by atoms with Gasteiger partial charge in [-0.1, -0.05) is 12.1 Å². The molecule has 1 amide bonds. The SMILES string of the molecule is CCOC(=O)CN=c1nc2ccccc2c2n1CC(=O)N2.Cl. The number of esters is 1. The number of halogens is 1. The number of rotatable bonds is 3. The van der Waals surface area contributed by atoms with Gasteiger partial charge in [0, 0.05) is 5.39 Å². The molecule has 7 nitrogen and oxygen atoms in total. The van der Waals surface area contributed by atoms with Gasteiger partial charge in [-0.15, -0.1) is 12.4 Å². The van der Waals surface area contributed by atoms with E-state index in [9.17, 15) is 9.59 Å². The third-order valence-corrected chi connectivity index (χ3v) is 3.11. The number of benzene rings is 1. The molecule has 2 aromatic rings. The molecule has 0 saturated heterocycles. The van der Waals surface area contributed by atoms with Crippen LogP contribution in [-0.4, -0.2) is 34.6 Å². The van der Waals surface area contributed by atoms with Crippen LogP contribution < -0.4 is 10.9 Å². The van der Waals surface area contributed by atoms with E-state index in [4.69, 9.17) is 4.74 Å². The van der Waals surface area contributed by atoms with Crippen LogP contribution in [0.3, 0.4) is 0 Å². The van der Waals surface area contributed by atoms with Crippen molar-refractivity contribution in [3.8, 4) is 0 Å². The Morgan fingerprint density at radius 3 is 3.00 bits per heavy atom. The van der Waals surface area contributed by atoms with E-state index in [-0.39, 0.29) is 31.4 Å². The number of fused-ring (bicyclic) bond motifs is 3. The topological polar surface area (TPSA) is 85.6 Å². The maximum absolute atomic E-state index is 11.6. The van der Waals surface area contributed by atoms with Crippen molar-refractivity contribution in [1.82, 2.24) is 9.55 Å². The van der Waals surface area contributed by atoms with E-state index in [0.717, 1.165) is 5.39 Å². The van der Waals surface area contributed by atoms with Crippen LogP contribution in [-0.2, 0) is 20.9 Å². The van der Waals surface area contributed by atoms with Gasteiger partial charge in [-0.25, -0.2) is 9.98 Å². The number of para-hydroxylation sites is 1. The quantitative estimate of drug-likeness (QED) is 0.850. The predicted molar refractivity (Wildman–Crippen MR) is 82.7 cm³/mol. The van der Waals surface area contributed by atoms with Gasteiger partial charge in [-0.3, -0.25) is 14.2 Å². The average Bonchev–Trinajstić information content (AvgIpc) is 2.87. The van der Waals surface area contributed by atoms with Gasteiger partial charge in [0.05, 0.1) is 12.1 Å². The number of amides is 1. The summed E-state index contributed by atoms with van der Waals surface area (Å²) in [4.78, 5) is 31.6. The first-order valence-corrected chi connectivity index (χ1v) is 6.64. The molecule has 0 radical (unpaired) electrons. The first kappa shape index (κ1) is 16.0. The molecule has 0 spiro atoms. The van der Waals surface area contributed by atoms with Gasteiger partial charge < -0.3 is 10.1 Å². The van der Waals surface area contributed by atoms with E-state index in [1.54, 1.807) is 11.5 Å². The number of nitrogens with zero attached hydrogens (tertiary/aromatic N) is 3. The molecule has 22 heavy (non-hydrogen) atoms. The molecule has 1 aromatic carbocycles. The molecule has 0 bridgehead atoms. The maximum atomic E-state index is 11.6. The second kappa shape index (κ2) is 6.57. The second-order valence-corrected chi connectivity index (χ2v) is 4.53. The van der Waals surface area contributed by atoms with Crippen molar-refractivity contribution in [1.29, 1.82) is 0 Å². The van der Waals surface area contributed by atoms with Crippen molar-refractivity contribution in [3.05, 3.63) is 29.9 Å². The average molecular weight is 323 g/mol. The van der Waals surface area contributed by atoms with Crippen molar-refractivity contribution < 1.29 is 14.3 Å². The molecule has 0 saturated carbocycles. The molecule has 1 aromatic heterocycles. The summed E-state index contributed by atoms with van der Waals surface area (Å²) in [5.74, 6) is 0.119. The molecule has 1 N–H and O–H groups in total. The zero-order chi connectivity index (χ0) is 14.8. The highest BCUT2D eigenvalue weighted by Crippen LogP contribution is 2.22. The van der Waals surface area contributed by atoms with Crippen LogP contribution >= 0.6 is 12.4 Å². The summed E-state index contributed by atoms with van der Waals surface area (Å²) in [6, 6.07) is 7.46. The van der Waals surface area contributed by atoms with Crippen LogP contribution in [0.1, 0.15) is 6.92 Å².